The summed E-state index contributed by atoms with van der Waals surface area (Å²) >= 11 is 0. The summed E-state index contributed by atoms with van der Waals surface area (Å²) < 4.78 is 11.2. The Balaban J connectivity index is 1.93. The van der Waals surface area contributed by atoms with Gasteiger partial charge in [-0.1, -0.05) is 35.5 Å². The van der Waals surface area contributed by atoms with Crippen LogP contribution < -0.4 is 5.32 Å². The van der Waals surface area contributed by atoms with Crippen LogP contribution in [0.4, 0.5) is 0 Å². The second-order valence-corrected chi connectivity index (χ2v) is 5.97. The largest absolute Gasteiger partial charge is 0.381 e. The van der Waals surface area contributed by atoms with E-state index >= 15 is 0 Å². The lowest BCUT2D eigenvalue weighted by molar-refractivity contribution is 0.0523. The van der Waals surface area contributed by atoms with Gasteiger partial charge in [-0.05, 0) is 32.4 Å². The Labute approximate surface area is 131 Å². The molecule has 1 N–H and O–H groups in total. The third-order valence-corrected chi connectivity index (χ3v) is 4.53. The van der Waals surface area contributed by atoms with Gasteiger partial charge in [0.2, 0.25) is 5.89 Å². The molecular formula is C17H23N3O2. The number of nitrogens with one attached hydrogen (secondary N) is 1. The second-order valence-electron chi connectivity index (χ2n) is 5.97. The predicted octanol–water partition coefficient (Wildman–Crippen LogP) is 2.32. The highest BCUT2D eigenvalue weighted by Crippen LogP contribution is 2.40. The molecule has 1 aromatic carbocycles. The van der Waals surface area contributed by atoms with Crippen LogP contribution in [-0.2, 0) is 16.6 Å². The zero-order valence-electron chi connectivity index (χ0n) is 13.2. The molecule has 1 fully saturated rings. The highest BCUT2D eigenvalue weighted by atomic mass is 16.5. The number of aromatic nitrogens is 2. The molecule has 0 spiro atoms. The quantitative estimate of drug-likeness (QED) is 0.918. The van der Waals surface area contributed by atoms with Crippen LogP contribution in [0.2, 0.25) is 0 Å². The molecule has 0 bridgehead atoms. The smallest absolute Gasteiger partial charge is 0.237 e. The maximum Gasteiger partial charge on any atom is 0.237 e. The molecule has 2 aromatic rings. The van der Waals surface area contributed by atoms with Gasteiger partial charge >= 0.3 is 0 Å². The molecule has 1 unspecified atom stereocenters. The summed E-state index contributed by atoms with van der Waals surface area (Å²) in [5.74, 6) is 1.49. The van der Waals surface area contributed by atoms with E-state index in [0.29, 0.717) is 6.04 Å². The van der Waals surface area contributed by atoms with Crippen molar-refractivity contribution in [2.45, 2.75) is 37.6 Å². The molecule has 0 radical (unpaired) electrons. The Kier molecular flexibility index (Phi) is 4.55. The van der Waals surface area contributed by atoms with Gasteiger partial charge in [-0.15, -0.1) is 0 Å². The zero-order valence-corrected chi connectivity index (χ0v) is 13.2. The standard InChI is InChI=1S/C17H23N3O2/c1-13(18-2)12-15-19-16(22-20-15)17(8-10-21-11-9-17)14-6-4-3-5-7-14/h3-7,13,18H,8-12H2,1-2H3. The third kappa shape index (κ3) is 2.91. The van der Waals surface area contributed by atoms with Crippen LogP contribution in [0, 0.1) is 0 Å². The van der Waals surface area contributed by atoms with Crippen molar-refractivity contribution in [3.8, 4) is 0 Å². The van der Waals surface area contributed by atoms with Crippen LogP contribution >= 0.6 is 0 Å². The fourth-order valence-electron chi connectivity index (χ4n) is 3.01. The van der Waals surface area contributed by atoms with Crippen LogP contribution in [0.1, 0.15) is 37.0 Å². The monoisotopic (exact) mass is 301 g/mol. The first-order valence-corrected chi connectivity index (χ1v) is 7.88. The molecule has 5 nitrogen and oxygen atoms in total. The lowest BCUT2D eigenvalue weighted by Gasteiger charge is -2.34. The molecule has 0 saturated carbocycles. The van der Waals surface area contributed by atoms with E-state index in [-0.39, 0.29) is 5.41 Å². The van der Waals surface area contributed by atoms with Crippen LogP contribution in [0.25, 0.3) is 0 Å². The molecule has 1 atom stereocenters. The molecule has 1 aliphatic heterocycles. The van der Waals surface area contributed by atoms with Crippen LogP contribution in [0.3, 0.4) is 0 Å². The third-order valence-electron chi connectivity index (χ3n) is 4.53. The number of ether oxygens (including phenoxy) is 1. The molecule has 3 rings (SSSR count). The Morgan fingerprint density at radius 3 is 2.64 bits per heavy atom. The zero-order chi connectivity index (χ0) is 15.4. The maximum atomic E-state index is 5.66. The number of rotatable bonds is 5. The van der Waals surface area contributed by atoms with Crippen molar-refractivity contribution < 1.29 is 9.26 Å². The van der Waals surface area contributed by atoms with Crippen molar-refractivity contribution in [2.75, 3.05) is 20.3 Å². The Morgan fingerprint density at radius 2 is 1.95 bits per heavy atom. The first-order chi connectivity index (χ1) is 10.7. The van der Waals surface area contributed by atoms with Crippen molar-refractivity contribution in [3.05, 3.63) is 47.6 Å². The van der Waals surface area contributed by atoms with Crippen molar-refractivity contribution in [1.29, 1.82) is 0 Å². The fraction of sp³-hybridized carbons (Fsp3) is 0.529. The lowest BCUT2D eigenvalue weighted by Crippen LogP contribution is -2.35. The van der Waals surface area contributed by atoms with Gasteiger partial charge < -0.3 is 14.6 Å². The second kappa shape index (κ2) is 6.58. The topological polar surface area (TPSA) is 60.2 Å². The first-order valence-electron chi connectivity index (χ1n) is 7.88. The van der Waals surface area contributed by atoms with E-state index in [0.717, 1.165) is 44.2 Å². The van der Waals surface area contributed by atoms with Gasteiger partial charge in [0, 0.05) is 25.7 Å². The summed E-state index contributed by atoms with van der Waals surface area (Å²) in [6, 6.07) is 10.8. The normalized spacial score (nSPS) is 19.0. The summed E-state index contributed by atoms with van der Waals surface area (Å²) in [6.07, 6.45) is 2.52. The van der Waals surface area contributed by atoms with Crippen molar-refractivity contribution in [3.63, 3.8) is 0 Å². The average molecular weight is 301 g/mol. The van der Waals surface area contributed by atoms with Gasteiger partial charge in [0.25, 0.3) is 0 Å². The molecule has 1 saturated heterocycles. The van der Waals surface area contributed by atoms with Gasteiger partial charge in [-0.25, -0.2) is 0 Å². The van der Waals surface area contributed by atoms with Crippen molar-refractivity contribution >= 4 is 0 Å². The minimum Gasteiger partial charge on any atom is -0.381 e. The lowest BCUT2D eigenvalue weighted by atomic mass is 9.74. The highest BCUT2D eigenvalue weighted by Gasteiger charge is 2.41. The SMILES string of the molecule is CNC(C)Cc1noc(C2(c3ccccc3)CCOCC2)n1. The number of nitrogens with zero attached hydrogens (tertiary/aromatic N) is 2. The number of hydrogen-bond acceptors (Lipinski definition) is 5. The molecule has 118 valence electrons. The minimum atomic E-state index is -0.215. The van der Waals surface area contributed by atoms with E-state index in [4.69, 9.17) is 14.2 Å². The van der Waals surface area contributed by atoms with E-state index in [9.17, 15) is 0 Å². The molecule has 2 heterocycles. The molecular weight excluding hydrogens is 278 g/mol. The van der Waals surface area contributed by atoms with Gasteiger partial charge in [0.05, 0.1) is 5.41 Å². The van der Waals surface area contributed by atoms with Crippen molar-refractivity contribution in [1.82, 2.24) is 15.5 Å². The molecule has 1 aromatic heterocycles. The van der Waals surface area contributed by atoms with Gasteiger partial charge in [-0.2, -0.15) is 4.98 Å². The molecule has 5 heteroatoms. The predicted molar refractivity (Wildman–Crippen MR) is 83.8 cm³/mol. The first kappa shape index (κ1) is 15.2. The summed E-state index contributed by atoms with van der Waals surface area (Å²) in [5, 5.41) is 7.38. The highest BCUT2D eigenvalue weighted by molar-refractivity contribution is 5.32. The van der Waals surface area contributed by atoms with Gasteiger partial charge in [0.1, 0.15) is 0 Å². The summed E-state index contributed by atoms with van der Waals surface area (Å²) in [5.41, 5.74) is 1.02. The summed E-state index contributed by atoms with van der Waals surface area (Å²) in [6.45, 7) is 3.55. The molecule has 22 heavy (non-hydrogen) atoms. The van der Waals surface area contributed by atoms with Crippen LogP contribution in [-0.4, -0.2) is 36.4 Å². The number of benzene rings is 1. The Hall–Kier alpha value is -1.72. The minimum absolute atomic E-state index is 0.215. The van der Waals surface area contributed by atoms with E-state index in [1.807, 2.05) is 13.1 Å². The van der Waals surface area contributed by atoms with Crippen LogP contribution in [0.15, 0.2) is 34.9 Å². The number of likely N-dealkylation sites (N-methyl/N-ethyl adjacent to an activating group) is 1. The van der Waals surface area contributed by atoms with E-state index in [1.54, 1.807) is 0 Å². The molecule has 0 aliphatic carbocycles. The fourth-order valence-corrected chi connectivity index (χ4v) is 3.01. The average Bonchev–Trinajstić information content (AvgIpc) is 3.05. The Morgan fingerprint density at radius 1 is 1.23 bits per heavy atom. The van der Waals surface area contributed by atoms with Crippen LogP contribution in [0.5, 0.6) is 0 Å². The molecule has 1 aliphatic rings. The van der Waals surface area contributed by atoms with E-state index < -0.39 is 0 Å². The van der Waals surface area contributed by atoms with Crippen molar-refractivity contribution in [2.24, 2.45) is 0 Å². The Bertz CT molecular complexity index is 591. The molecule has 0 amide bonds. The summed E-state index contributed by atoms with van der Waals surface area (Å²) in [7, 11) is 1.94. The van der Waals surface area contributed by atoms with Gasteiger partial charge in [0.15, 0.2) is 5.82 Å². The van der Waals surface area contributed by atoms with E-state index in [2.05, 4.69) is 41.7 Å². The van der Waals surface area contributed by atoms with E-state index in [1.165, 1.54) is 5.56 Å². The van der Waals surface area contributed by atoms with Gasteiger partial charge in [-0.3, -0.25) is 0 Å². The number of hydrogen-bond donors (Lipinski definition) is 1. The summed E-state index contributed by atoms with van der Waals surface area (Å²) in [4.78, 5) is 4.70. The maximum absolute atomic E-state index is 5.66.